The first-order valence-electron chi connectivity index (χ1n) is 7.84. The number of allylic oxidation sites excluding steroid dienone is 2. The summed E-state index contributed by atoms with van der Waals surface area (Å²) in [5.74, 6) is 2.20. The highest BCUT2D eigenvalue weighted by molar-refractivity contribution is 8.03. The van der Waals surface area contributed by atoms with Gasteiger partial charge in [-0.2, -0.15) is 0 Å². The van der Waals surface area contributed by atoms with Crippen LogP contribution in [0.5, 0.6) is 5.75 Å². The van der Waals surface area contributed by atoms with Crippen LogP contribution >= 0.6 is 11.8 Å². The van der Waals surface area contributed by atoms with Crippen molar-refractivity contribution in [1.82, 2.24) is 0 Å². The summed E-state index contributed by atoms with van der Waals surface area (Å²) in [4.78, 5) is 13.9. The minimum Gasteiger partial charge on any atom is -0.497 e. The molecule has 0 spiro atoms. The van der Waals surface area contributed by atoms with Crippen LogP contribution in [-0.4, -0.2) is 18.6 Å². The van der Waals surface area contributed by atoms with Crippen molar-refractivity contribution < 1.29 is 9.53 Å². The van der Waals surface area contributed by atoms with E-state index in [4.69, 9.17) is 4.74 Å². The van der Waals surface area contributed by atoms with Crippen molar-refractivity contribution in [3.63, 3.8) is 0 Å². The largest absolute Gasteiger partial charge is 0.497 e. The van der Waals surface area contributed by atoms with Gasteiger partial charge in [0.1, 0.15) is 5.75 Å². The van der Waals surface area contributed by atoms with E-state index in [9.17, 15) is 4.79 Å². The van der Waals surface area contributed by atoms with Gasteiger partial charge in [0.05, 0.1) is 7.11 Å². The fourth-order valence-electron chi connectivity index (χ4n) is 3.04. The van der Waals surface area contributed by atoms with Crippen LogP contribution in [-0.2, 0) is 4.79 Å². The SMILES string of the molecule is CCSC1=C(c2ccc(OC)cc2)C(=O)CC1c1ccccc1. The molecule has 0 saturated heterocycles. The highest BCUT2D eigenvalue weighted by Gasteiger charge is 2.33. The number of hydrogen-bond acceptors (Lipinski definition) is 3. The van der Waals surface area contributed by atoms with Gasteiger partial charge in [-0.3, -0.25) is 4.79 Å². The summed E-state index contributed by atoms with van der Waals surface area (Å²) < 4.78 is 5.22. The van der Waals surface area contributed by atoms with Gasteiger partial charge in [-0.05, 0) is 29.0 Å². The van der Waals surface area contributed by atoms with Gasteiger partial charge in [-0.1, -0.05) is 49.4 Å². The Hall–Kier alpha value is -2.00. The number of hydrogen-bond donors (Lipinski definition) is 0. The third kappa shape index (κ3) is 3.20. The summed E-state index contributed by atoms with van der Waals surface area (Å²) in [5.41, 5.74) is 3.10. The monoisotopic (exact) mass is 324 g/mol. The van der Waals surface area contributed by atoms with Crippen molar-refractivity contribution >= 4 is 23.1 Å². The minimum atomic E-state index is 0.186. The van der Waals surface area contributed by atoms with E-state index in [1.807, 2.05) is 42.5 Å². The molecule has 0 aliphatic heterocycles. The first-order chi connectivity index (χ1) is 11.2. The van der Waals surface area contributed by atoms with Crippen LogP contribution in [0.3, 0.4) is 0 Å². The first kappa shape index (κ1) is 15.9. The zero-order valence-corrected chi connectivity index (χ0v) is 14.2. The molecule has 0 saturated carbocycles. The minimum absolute atomic E-state index is 0.186. The standard InChI is InChI=1S/C20H20O2S/c1-3-23-20-17(14-7-5-4-6-8-14)13-18(21)19(20)15-9-11-16(22-2)12-10-15/h4-12,17H,3,13H2,1-2H3. The Morgan fingerprint density at radius 2 is 1.78 bits per heavy atom. The van der Waals surface area contributed by atoms with Gasteiger partial charge < -0.3 is 4.74 Å². The van der Waals surface area contributed by atoms with Crippen LogP contribution in [0.25, 0.3) is 5.57 Å². The normalized spacial score (nSPS) is 17.7. The summed E-state index contributed by atoms with van der Waals surface area (Å²) in [5, 5.41) is 0. The van der Waals surface area contributed by atoms with Gasteiger partial charge >= 0.3 is 0 Å². The average Bonchev–Trinajstić information content (AvgIpc) is 2.92. The molecule has 0 aromatic heterocycles. The second-order valence-electron chi connectivity index (χ2n) is 5.49. The Bertz CT molecular complexity index is 717. The van der Waals surface area contributed by atoms with Crippen molar-refractivity contribution in [1.29, 1.82) is 0 Å². The zero-order chi connectivity index (χ0) is 16.2. The highest BCUT2D eigenvalue weighted by atomic mass is 32.2. The summed E-state index contributed by atoms with van der Waals surface area (Å²) >= 11 is 1.79. The Kier molecular flexibility index (Phi) is 4.87. The molecule has 0 radical (unpaired) electrons. The van der Waals surface area contributed by atoms with E-state index in [1.165, 1.54) is 10.5 Å². The first-order valence-corrected chi connectivity index (χ1v) is 8.82. The average molecular weight is 324 g/mol. The fraction of sp³-hybridized carbons (Fsp3) is 0.250. The Morgan fingerprint density at radius 1 is 1.09 bits per heavy atom. The van der Waals surface area contributed by atoms with Crippen molar-refractivity contribution in [3.05, 3.63) is 70.6 Å². The molecule has 2 aromatic carbocycles. The van der Waals surface area contributed by atoms with E-state index >= 15 is 0 Å². The highest BCUT2D eigenvalue weighted by Crippen LogP contribution is 2.47. The molecule has 1 unspecified atom stereocenters. The second-order valence-corrected chi connectivity index (χ2v) is 6.80. The zero-order valence-electron chi connectivity index (χ0n) is 13.4. The fourth-order valence-corrected chi connectivity index (χ4v) is 4.14. The Labute approximate surface area is 141 Å². The molecule has 3 heteroatoms. The molecule has 0 N–H and O–H groups in total. The second kappa shape index (κ2) is 7.05. The quantitative estimate of drug-likeness (QED) is 0.781. The van der Waals surface area contributed by atoms with Gasteiger partial charge in [-0.25, -0.2) is 0 Å². The van der Waals surface area contributed by atoms with Crippen LogP contribution in [0.1, 0.15) is 30.4 Å². The molecule has 0 bridgehead atoms. The molecule has 0 fully saturated rings. The maximum absolute atomic E-state index is 12.7. The molecule has 3 rings (SSSR count). The molecule has 1 aliphatic rings. The lowest BCUT2D eigenvalue weighted by molar-refractivity contribution is -0.113. The topological polar surface area (TPSA) is 26.3 Å². The number of Topliss-reactive ketones (excluding diaryl/α,β-unsaturated/α-hetero) is 1. The molecular weight excluding hydrogens is 304 g/mol. The summed E-state index contributed by atoms with van der Waals surface area (Å²) in [6.07, 6.45) is 0.563. The van der Waals surface area contributed by atoms with Gasteiger partial charge in [-0.15, -0.1) is 11.8 Å². The van der Waals surface area contributed by atoms with Gasteiger partial charge in [0.15, 0.2) is 5.78 Å². The number of benzene rings is 2. The summed E-state index contributed by atoms with van der Waals surface area (Å²) in [6, 6.07) is 18.1. The lowest BCUT2D eigenvalue weighted by Gasteiger charge is -2.14. The summed E-state index contributed by atoms with van der Waals surface area (Å²) in [6.45, 7) is 2.13. The van der Waals surface area contributed by atoms with E-state index in [2.05, 4.69) is 19.1 Å². The van der Waals surface area contributed by atoms with Crippen molar-refractivity contribution in [2.75, 3.05) is 12.9 Å². The maximum atomic E-state index is 12.7. The molecule has 0 amide bonds. The Balaban J connectivity index is 2.05. The number of ketones is 1. The lowest BCUT2D eigenvalue weighted by atomic mass is 9.98. The smallest absolute Gasteiger partial charge is 0.165 e. The number of carbonyl (C=O) groups excluding carboxylic acids is 1. The van der Waals surface area contributed by atoms with Gasteiger partial charge in [0.2, 0.25) is 0 Å². The van der Waals surface area contributed by atoms with Crippen LogP contribution in [0.15, 0.2) is 59.5 Å². The molecule has 23 heavy (non-hydrogen) atoms. The van der Waals surface area contributed by atoms with Crippen LogP contribution in [0, 0.1) is 0 Å². The van der Waals surface area contributed by atoms with Crippen molar-refractivity contribution in [3.8, 4) is 5.75 Å². The molecule has 2 nitrogen and oxygen atoms in total. The van der Waals surface area contributed by atoms with E-state index in [-0.39, 0.29) is 11.7 Å². The third-order valence-electron chi connectivity index (χ3n) is 4.11. The number of rotatable bonds is 5. The number of carbonyl (C=O) groups is 1. The van der Waals surface area contributed by atoms with Crippen LogP contribution < -0.4 is 4.74 Å². The third-order valence-corrected chi connectivity index (χ3v) is 5.20. The number of thioether (sulfide) groups is 1. The van der Waals surface area contributed by atoms with E-state index in [0.29, 0.717) is 6.42 Å². The Morgan fingerprint density at radius 3 is 2.39 bits per heavy atom. The predicted octanol–water partition coefficient (Wildman–Crippen LogP) is 4.92. The number of ether oxygens (including phenoxy) is 1. The van der Waals surface area contributed by atoms with E-state index in [0.717, 1.165) is 22.6 Å². The van der Waals surface area contributed by atoms with E-state index < -0.39 is 0 Å². The van der Waals surface area contributed by atoms with Crippen LogP contribution in [0.4, 0.5) is 0 Å². The van der Waals surface area contributed by atoms with Gasteiger partial charge in [0, 0.05) is 22.8 Å². The van der Waals surface area contributed by atoms with Crippen molar-refractivity contribution in [2.24, 2.45) is 0 Å². The van der Waals surface area contributed by atoms with Crippen molar-refractivity contribution in [2.45, 2.75) is 19.3 Å². The predicted molar refractivity (Wildman–Crippen MR) is 96.9 cm³/mol. The van der Waals surface area contributed by atoms with Crippen LogP contribution in [0.2, 0.25) is 0 Å². The van der Waals surface area contributed by atoms with E-state index in [1.54, 1.807) is 18.9 Å². The maximum Gasteiger partial charge on any atom is 0.165 e. The molecule has 1 atom stereocenters. The molecule has 0 heterocycles. The van der Waals surface area contributed by atoms with Gasteiger partial charge in [0.25, 0.3) is 0 Å². The molecule has 118 valence electrons. The molecule has 1 aliphatic carbocycles. The number of methoxy groups -OCH3 is 1. The lowest BCUT2D eigenvalue weighted by Crippen LogP contribution is -1.98. The molecular formula is C20H20O2S. The molecule has 2 aromatic rings. The summed E-state index contributed by atoms with van der Waals surface area (Å²) in [7, 11) is 1.65.